The Balaban J connectivity index is 2.08. The normalized spacial score (nSPS) is 12.2. The van der Waals surface area contributed by atoms with Crippen LogP contribution in [-0.2, 0) is 6.42 Å². The Hall–Kier alpha value is -1.98. The van der Waals surface area contributed by atoms with Crippen molar-refractivity contribution in [2.45, 2.75) is 18.9 Å². The van der Waals surface area contributed by atoms with Crippen molar-refractivity contribution >= 4 is 0 Å². The largest absolute Gasteiger partial charge is 0.497 e. The van der Waals surface area contributed by atoms with E-state index in [0.717, 1.165) is 12.0 Å². The zero-order chi connectivity index (χ0) is 14.4. The van der Waals surface area contributed by atoms with E-state index in [9.17, 15) is 4.39 Å². The molecule has 0 amide bonds. The van der Waals surface area contributed by atoms with E-state index in [2.05, 4.69) is 10.4 Å². The molecule has 0 bridgehead atoms. The molecule has 3 N–H and O–H groups in total. The van der Waals surface area contributed by atoms with Gasteiger partial charge < -0.3 is 4.74 Å². The van der Waals surface area contributed by atoms with Gasteiger partial charge >= 0.3 is 0 Å². The lowest BCUT2D eigenvalue weighted by atomic mass is 9.99. The van der Waals surface area contributed by atoms with Crippen molar-refractivity contribution in [2.24, 2.45) is 5.84 Å². The Morgan fingerprint density at radius 3 is 2.85 bits per heavy atom. The molecule has 20 heavy (non-hydrogen) atoms. The van der Waals surface area contributed by atoms with E-state index in [1.165, 1.54) is 13.2 Å². The quantitative estimate of drug-likeness (QED) is 0.627. The molecule has 0 aliphatic carbocycles. The topological polar surface area (TPSA) is 60.2 Å². The molecule has 0 aliphatic rings. The summed E-state index contributed by atoms with van der Waals surface area (Å²) in [6, 6.07) is 8.42. The van der Waals surface area contributed by atoms with Gasteiger partial charge in [-0.2, -0.15) is 0 Å². The van der Waals surface area contributed by atoms with Crippen LogP contribution in [0.1, 0.15) is 23.6 Å². The summed E-state index contributed by atoms with van der Waals surface area (Å²) >= 11 is 0. The minimum Gasteiger partial charge on any atom is -0.497 e. The first-order valence-corrected chi connectivity index (χ1v) is 6.43. The number of nitrogens with two attached hydrogens (primary N) is 1. The third kappa shape index (κ3) is 3.53. The number of nitrogens with zero attached hydrogens (tertiary/aromatic N) is 1. The molecule has 0 spiro atoms. The predicted molar refractivity (Wildman–Crippen MR) is 75.6 cm³/mol. The molecule has 0 aliphatic heterocycles. The van der Waals surface area contributed by atoms with Crippen LogP contribution in [0, 0.1) is 5.82 Å². The molecule has 5 heteroatoms. The number of pyridine rings is 1. The van der Waals surface area contributed by atoms with Crippen molar-refractivity contribution in [2.75, 3.05) is 7.11 Å². The van der Waals surface area contributed by atoms with Gasteiger partial charge in [0.05, 0.1) is 7.11 Å². The Morgan fingerprint density at radius 1 is 1.40 bits per heavy atom. The maximum Gasteiger partial charge on any atom is 0.131 e. The smallest absolute Gasteiger partial charge is 0.131 e. The van der Waals surface area contributed by atoms with E-state index in [4.69, 9.17) is 10.6 Å². The second-order valence-corrected chi connectivity index (χ2v) is 4.51. The van der Waals surface area contributed by atoms with E-state index >= 15 is 0 Å². The standard InChI is InChI=1S/C15H18FN3O/c1-20-12-5-6-13(14(16)9-12)15(19-17)7-4-11-3-2-8-18-10-11/h2-3,5-6,8-10,15,19H,4,7,17H2,1H3. The molecule has 2 aromatic rings. The highest BCUT2D eigenvalue weighted by Gasteiger charge is 2.15. The van der Waals surface area contributed by atoms with Crippen LogP contribution in [0.5, 0.6) is 5.75 Å². The number of ether oxygens (including phenoxy) is 1. The van der Waals surface area contributed by atoms with Gasteiger partial charge in [0.15, 0.2) is 0 Å². The fourth-order valence-electron chi connectivity index (χ4n) is 2.10. The Kier molecular flexibility index (Phi) is 5.03. The maximum atomic E-state index is 14.0. The molecule has 1 aromatic heterocycles. The Labute approximate surface area is 117 Å². The molecule has 2 rings (SSSR count). The summed E-state index contributed by atoms with van der Waals surface area (Å²) in [5.74, 6) is 5.72. The Bertz CT molecular complexity index is 548. The third-order valence-corrected chi connectivity index (χ3v) is 3.23. The monoisotopic (exact) mass is 275 g/mol. The van der Waals surface area contributed by atoms with Crippen LogP contribution in [0.25, 0.3) is 0 Å². The molecule has 1 unspecified atom stereocenters. The minimum absolute atomic E-state index is 0.249. The van der Waals surface area contributed by atoms with E-state index in [1.807, 2.05) is 12.1 Å². The summed E-state index contributed by atoms with van der Waals surface area (Å²) in [4.78, 5) is 4.06. The van der Waals surface area contributed by atoms with Gasteiger partial charge in [-0.15, -0.1) is 0 Å². The number of aromatic nitrogens is 1. The number of hydrogen-bond donors (Lipinski definition) is 2. The van der Waals surface area contributed by atoms with Crippen LogP contribution in [0.4, 0.5) is 4.39 Å². The highest BCUT2D eigenvalue weighted by Crippen LogP contribution is 2.24. The molecule has 1 heterocycles. The van der Waals surface area contributed by atoms with Crippen LogP contribution in [0.15, 0.2) is 42.7 Å². The maximum absolute atomic E-state index is 14.0. The predicted octanol–water partition coefficient (Wildman–Crippen LogP) is 2.37. The van der Waals surface area contributed by atoms with Gasteiger partial charge in [-0.1, -0.05) is 12.1 Å². The summed E-state index contributed by atoms with van der Waals surface area (Å²) in [6.45, 7) is 0. The summed E-state index contributed by atoms with van der Waals surface area (Å²) in [6.07, 6.45) is 4.99. The summed E-state index contributed by atoms with van der Waals surface area (Å²) in [5.41, 5.74) is 4.30. The zero-order valence-electron chi connectivity index (χ0n) is 11.3. The fourth-order valence-corrected chi connectivity index (χ4v) is 2.10. The van der Waals surface area contributed by atoms with Crippen molar-refractivity contribution in [3.63, 3.8) is 0 Å². The number of benzene rings is 1. The first kappa shape index (κ1) is 14.4. The first-order valence-electron chi connectivity index (χ1n) is 6.43. The Morgan fingerprint density at radius 2 is 2.25 bits per heavy atom. The number of methoxy groups -OCH3 is 1. The molecule has 0 radical (unpaired) electrons. The number of halogens is 1. The molecule has 0 saturated heterocycles. The average Bonchev–Trinajstić information content (AvgIpc) is 2.50. The zero-order valence-corrected chi connectivity index (χ0v) is 11.3. The van der Waals surface area contributed by atoms with Crippen LogP contribution in [0.3, 0.4) is 0 Å². The fraction of sp³-hybridized carbons (Fsp3) is 0.267. The van der Waals surface area contributed by atoms with Gasteiger partial charge in [-0.05, 0) is 30.5 Å². The lowest BCUT2D eigenvalue weighted by Crippen LogP contribution is -2.29. The van der Waals surface area contributed by atoms with E-state index < -0.39 is 0 Å². The van der Waals surface area contributed by atoms with Gasteiger partial charge in [0, 0.05) is 30.1 Å². The summed E-state index contributed by atoms with van der Waals surface area (Å²) in [5, 5.41) is 0. The van der Waals surface area contributed by atoms with E-state index in [0.29, 0.717) is 17.7 Å². The molecular formula is C15H18FN3O. The minimum atomic E-state index is -0.321. The van der Waals surface area contributed by atoms with Crippen molar-refractivity contribution in [3.8, 4) is 5.75 Å². The lowest BCUT2D eigenvalue weighted by molar-refractivity contribution is 0.408. The first-order chi connectivity index (χ1) is 9.74. The molecule has 0 saturated carbocycles. The van der Waals surface area contributed by atoms with Crippen molar-refractivity contribution in [1.82, 2.24) is 10.4 Å². The van der Waals surface area contributed by atoms with Gasteiger partial charge in [0.25, 0.3) is 0 Å². The van der Waals surface area contributed by atoms with Crippen LogP contribution in [0.2, 0.25) is 0 Å². The van der Waals surface area contributed by atoms with Crippen LogP contribution < -0.4 is 16.0 Å². The highest BCUT2D eigenvalue weighted by atomic mass is 19.1. The SMILES string of the molecule is COc1ccc(C(CCc2cccnc2)NN)c(F)c1. The van der Waals surface area contributed by atoms with Crippen molar-refractivity contribution < 1.29 is 9.13 Å². The van der Waals surface area contributed by atoms with Gasteiger partial charge in [0.1, 0.15) is 11.6 Å². The number of aryl methyl sites for hydroxylation is 1. The van der Waals surface area contributed by atoms with E-state index in [-0.39, 0.29) is 11.9 Å². The lowest BCUT2D eigenvalue weighted by Gasteiger charge is -2.17. The van der Waals surface area contributed by atoms with E-state index in [1.54, 1.807) is 24.5 Å². The molecule has 1 atom stereocenters. The van der Waals surface area contributed by atoms with Crippen molar-refractivity contribution in [1.29, 1.82) is 0 Å². The highest BCUT2D eigenvalue weighted by molar-refractivity contribution is 5.31. The molecule has 0 fully saturated rings. The molecule has 4 nitrogen and oxygen atoms in total. The number of hydrazine groups is 1. The van der Waals surface area contributed by atoms with Crippen molar-refractivity contribution in [3.05, 3.63) is 59.7 Å². The van der Waals surface area contributed by atoms with Crippen LogP contribution >= 0.6 is 0 Å². The number of hydrogen-bond acceptors (Lipinski definition) is 4. The summed E-state index contributed by atoms with van der Waals surface area (Å²) in [7, 11) is 1.51. The van der Waals surface area contributed by atoms with Crippen LogP contribution in [-0.4, -0.2) is 12.1 Å². The average molecular weight is 275 g/mol. The molecule has 106 valence electrons. The molecule has 1 aromatic carbocycles. The second-order valence-electron chi connectivity index (χ2n) is 4.51. The number of rotatable bonds is 6. The van der Waals surface area contributed by atoms with Gasteiger partial charge in [-0.25, -0.2) is 4.39 Å². The third-order valence-electron chi connectivity index (χ3n) is 3.23. The van der Waals surface area contributed by atoms with Gasteiger partial charge in [0.2, 0.25) is 0 Å². The number of nitrogens with one attached hydrogen (secondary N) is 1. The van der Waals surface area contributed by atoms with Gasteiger partial charge in [-0.3, -0.25) is 16.3 Å². The second kappa shape index (κ2) is 6.98. The molecular weight excluding hydrogens is 257 g/mol. The summed E-state index contributed by atoms with van der Waals surface area (Å²) < 4.78 is 19.0.